The highest BCUT2D eigenvalue weighted by Gasteiger charge is 2.11. The maximum atomic E-state index is 11.4. The van der Waals surface area contributed by atoms with E-state index in [1.165, 1.54) is 12.1 Å². The molecule has 18 heavy (non-hydrogen) atoms. The molecular weight excluding hydrogens is 258 g/mol. The summed E-state index contributed by atoms with van der Waals surface area (Å²) in [6, 6.07) is 6.43. The molecule has 1 aromatic rings. The molecule has 0 heterocycles. The lowest BCUT2D eigenvalue weighted by Gasteiger charge is -2.05. The number of carboxylic acids is 1. The smallest absolute Gasteiger partial charge is 0.304 e. The Morgan fingerprint density at radius 1 is 1.22 bits per heavy atom. The Bertz CT molecular complexity index is 495. The van der Waals surface area contributed by atoms with Crippen molar-refractivity contribution in [1.29, 1.82) is 0 Å². The molecule has 0 fully saturated rings. The minimum Gasteiger partial charge on any atom is -0.508 e. The Kier molecular flexibility index (Phi) is 5.11. The standard InChI is InChI=1S/C11H15NO5S/c13-10-3-1-9(2-4-10)5-7-12-18(16,17)8-6-11(14)15/h1-4,12-13H,5-8H2,(H,14,15). The Balaban J connectivity index is 2.37. The first-order chi connectivity index (χ1) is 8.39. The number of carboxylic acid groups (broad SMARTS) is 1. The van der Waals surface area contributed by atoms with Crippen LogP contribution in [0.2, 0.25) is 0 Å². The van der Waals surface area contributed by atoms with E-state index in [1.54, 1.807) is 12.1 Å². The molecule has 0 radical (unpaired) electrons. The summed E-state index contributed by atoms with van der Waals surface area (Å²) < 4.78 is 25.1. The van der Waals surface area contributed by atoms with E-state index in [9.17, 15) is 13.2 Å². The fraction of sp³-hybridized carbons (Fsp3) is 0.364. The van der Waals surface area contributed by atoms with Crippen LogP contribution in [0.15, 0.2) is 24.3 Å². The van der Waals surface area contributed by atoms with E-state index in [0.717, 1.165) is 5.56 Å². The topological polar surface area (TPSA) is 104 Å². The number of hydrogen-bond donors (Lipinski definition) is 3. The van der Waals surface area contributed by atoms with Gasteiger partial charge in [-0.2, -0.15) is 0 Å². The fourth-order valence-electron chi connectivity index (χ4n) is 1.31. The van der Waals surface area contributed by atoms with E-state index in [2.05, 4.69) is 4.72 Å². The van der Waals surface area contributed by atoms with Crippen LogP contribution in [0.1, 0.15) is 12.0 Å². The summed E-state index contributed by atoms with van der Waals surface area (Å²) >= 11 is 0. The third-order valence-corrected chi connectivity index (χ3v) is 3.64. The van der Waals surface area contributed by atoms with Crippen LogP contribution in [-0.4, -0.2) is 36.9 Å². The number of carbonyl (C=O) groups is 1. The highest BCUT2D eigenvalue weighted by molar-refractivity contribution is 7.89. The van der Waals surface area contributed by atoms with E-state index in [4.69, 9.17) is 10.2 Å². The van der Waals surface area contributed by atoms with E-state index in [-0.39, 0.29) is 12.3 Å². The second kappa shape index (κ2) is 6.36. The maximum Gasteiger partial charge on any atom is 0.304 e. The van der Waals surface area contributed by atoms with Crippen molar-refractivity contribution in [3.05, 3.63) is 29.8 Å². The van der Waals surface area contributed by atoms with Gasteiger partial charge in [0.05, 0.1) is 12.2 Å². The molecule has 0 atom stereocenters. The summed E-state index contributed by atoms with van der Waals surface area (Å²) in [5.74, 6) is -1.41. The molecule has 0 saturated heterocycles. The highest BCUT2D eigenvalue weighted by Crippen LogP contribution is 2.09. The summed E-state index contributed by atoms with van der Waals surface area (Å²) in [5, 5.41) is 17.5. The van der Waals surface area contributed by atoms with Crippen LogP contribution in [0.4, 0.5) is 0 Å². The Morgan fingerprint density at radius 2 is 1.83 bits per heavy atom. The number of phenols is 1. The summed E-state index contributed by atoms with van der Waals surface area (Å²) in [7, 11) is -3.54. The zero-order valence-corrected chi connectivity index (χ0v) is 10.5. The molecule has 3 N–H and O–H groups in total. The van der Waals surface area contributed by atoms with E-state index >= 15 is 0 Å². The van der Waals surface area contributed by atoms with Crippen molar-refractivity contribution >= 4 is 16.0 Å². The molecular formula is C11H15NO5S. The average Bonchev–Trinajstić information content (AvgIpc) is 2.29. The molecule has 6 nitrogen and oxygen atoms in total. The predicted octanol–water partition coefficient (Wildman–Crippen LogP) is 0.329. The van der Waals surface area contributed by atoms with Crippen LogP contribution in [-0.2, 0) is 21.2 Å². The largest absolute Gasteiger partial charge is 0.508 e. The summed E-state index contributed by atoms with van der Waals surface area (Å²) in [5.41, 5.74) is 0.883. The molecule has 0 aliphatic rings. The van der Waals surface area contributed by atoms with Crippen molar-refractivity contribution in [3.63, 3.8) is 0 Å². The first-order valence-electron chi connectivity index (χ1n) is 5.36. The second-order valence-electron chi connectivity index (χ2n) is 3.77. The van der Waals surface area contributed by atoms with Gasteiger partial charge in [-0.05, 0) is 24.1 Å². The van der Waals surface area contributed by atoms with Gasteiger partial charge >= 0.3 is 5.97 Å². The SMILES string of the molecule is O=C(O)CCS(=O)(=O)NCCc1ccc(O)cc1. The molecule has 1 rings (SSSR count). The first-order valence-corrected chi connectivity index (χ1v) is 7.01. The first kappa shape index (κ1) is 14.5. The van der Waals surface area contributed by atoms with Crippen molar-refractivity contribution in [2.75, 3.05) is 12.3 Å². The molecule has 100 valence electrons. The van der Waals surface area contributed by atoms with Crippen molar-refractivity contribution in [2.45, 2.75) is 12.8 Å². The molecule has 0 spiro atoms. The fourth-order valence-corrected chi connectivity index (χ4v) is 2.31. The number of hydrogen-bond acceptors (Lipinski definition) is 4. The Hall–Kier alpha value is -1.60. The van der Waals surface area contributed by atoms with Crippen molar-refractivity contribution in [2.24, 2.45) is 0 Å². The number of phenolic OH excluding ortho intramolecular Hbond substituents is 1. The van der Waals surface area contributed by atoms with Crippen LogP contribution in [0, 0.1) is 0 Å². The number of rotatable bonds is 7. The van der Waals surface area contributed by atoms with Crippen LogP contribution >= 0.6 is 0 Å². The van der Waals surface area contributed by atoms with Crippen LogP contribution in [0.5, 0.6) is 5.75 Å². The van der Waals surface area contributed by atoms with Gasteiger partial charge in [-0.1, -0.05) is 12.1 Å². The number of sulfonamides is 1. The van der Waals surface area contributed by atoms with E-state index in [0.29, 0.717) is 6.42 Å². The monoisotopic (exact) mass is 273 g/mol. The van der Waals surface area contributed by atoms with Gasteiger partial charge in [-0.15, -0.1) is 0 Å². The van der Waals surface area contributed by atoms with Gasteiger partial charge in [0.15, 0.2) is 0 Å². The molecule has 0 saturated carbocycles. The van der Waals surface area contributed by atoms with Gasteiger partial charge in [0, 0.05) is 6.54 Å². The lowest BCUT2D eigenvalue weighted by Crippen LogP contribution is -2.29. The van der Waals surface area contributed by atoms with E-state index < -0.39 is 28.2 Å². The molecule has 7 heteroatoms. The van der Waals surface area contributed by atoms with Crippen molar-refractivity contribution < 1.29 is 23.4 Å². The third kappa shape index (κ3) is 5.65. The van der Waals surface area contributed by atoms with Gasteiger partial charge in [0.25, 0.3) is 0 Å². The normalized spacial score (nSPS) is 11.3. The van der Waals surface area contributed by atoms with Gasteiger partial charge in [-0.25, -0.2) is 13.1 Å². The van der Waals surface area contributed by atoms with E-state index in [1.807, 2.05) is 0 Å². The molecule has 0 bridgehead atoms. The second-order valence-corrected chi connectivity index (χ2v) is 5.70. The van der Waals surface area contributed by atoms with Crippen molar-refractivity contribution in [1.82, 2.24) is 4.72 Å². The Labute approximate surface area is 105 Å². The molecule has 0 unspecified atom stereocenters. The van der Waals surface area contributed by atoms with Gasteiger partial charge in [0.2, 0.25) is 10.0 Å². The predicted molar refractivity (Wildman–Crippen MR) is 65.9 cm³/mol. The number of nitrogens with one attached hydrogen (secondary N) is 1. The molecule has 1 aromatic carbocycles. The summed E-state index contributed by atoms with van der Waals surface area (Å²) in [6.45, 7) is 0.201. The Morgan fingerprint density at radius 3 is 2.39 bits per heavy atom. The number of aliphatic carboxylic acids is 1. The lowest BCUT2D eigenvalue weighted by molar-refractivity contribution is -0.136. The quantitative estimate of drug-likeness (QED) is 0.664. The van der Waals surface area contributed by atoms with Crippen LogP contribution < -0.4 is 4.72 Å². The lowest BCUT2D eigenvalue weighted by atomic mass is 10.1. The minimum atomic E-state index is -3.54. The molecule has 0 aromatic heterocycles. The highest BCUT2D eigenvalue weighted by atomic mass is 32.2. The molecule has 0 amide bonds. The molecule has 0 aliphatic carbocycles. The zero-order chi connectivity index (χ0) is 13.6. The van der Waals surface area contributed by atoms with Gasteiger partial charge in [0.1, 0.15) is 5.75 Å². The zero-order valence-electron chi connectivity index (χ0n) is 9.67. The van der Waals surface area contributed by atoms with Crippen LogP contribution in [0.3, 0.4) is 0 Å². The van der Waals surface area contributed by atoms with Crippen molar-refractivity contribution in [3.8, 4) is 5.75 Å². The third-order valence-electron chi connectivity index (χ3n) is 2.26. The van der Waals surface area contributed by atoms with Crippen LogP contribution in [0.25, 0.3) is 0 Å². The van der Waals surface area contributed by atoms with Gasteiger partial charge < -0.3 is 10.2 Å². The number of aromatic hydroxyl groups is 1. The van der Waals surface area contributed by atoms with Gasteiger partial charge in [-0.3, -0.25) is 4.79 Å². The number of benzene rings is 1. The summed E-state index contributed by atoms with van der Waals surface area (Å²) in [4.78, 5) is 10.3. The molecule has 0 aliphatic heterocycles. The minimum absolute atomic E-state index is 0.154. The summed E-state index contributed by atoms with van der Waals surface area (Å²) in [6.07, 6.45) is 0.0706. The maximum absolute atomic E-state index is 11.4. The average molecular weight is 273 g/mol.